The second-order valence-electron chi connectivity index (χ2n) is 15.9. The van der Waals surface area contributed by atoms with Crippen LogP contribution in [0.5, 0.6) is 0 Å². The van der Waals surface area contributed by atoms with Crippen LogP contribution in [-0.2, 0) is 39.8 Å². The normalized spacial score (nSPS) is 20.8. The van der Waals surface area contributed by atoms with Gasteiger partial charge in [-0.25, -0.2) is 4.98 Å². The monoisotopic (exact) mass is 781 g/mol. The molecule has 2 aliphatic rings. The third-order valence-electron chi connectivity index (χ3n) is 10.3. The first kappa shape index (κ1) is 43.4. The first-order valence-electron chi connectivity index (χ1n) is 19.2. The van der Waals surface area contributed by atoms with Crippen LogP contribution in [0.1, 0.15) is 108 Å². The molecule has 13 nitrogen and oxygen atoms in total. The van der Waals surface area contributed by atoms with Crippen molar-refractivity contribution < 1.29 is 38.2 Å². The Kier molecular flexibility index (Phi) is 15.0. The number of rotatable bonds is 16. The molecule has 0 aliphatic carbocycles. The number of esters is 2. The molecule has 302 valence electrons. The summed E-state index contributed by atoms with van der Waals surface area (Å²) in [4.78, 5) is 74.9. The van der Waals surface area contributed by atoms with Crippen LogP contribution in [0, 0.1) is 17.8 Å². The predicted octanol–water partition coefficient (Wildman–Crippen LogP) is 5.42. The molecular formula is C41H59N5O8S. The molecule has 6 atom stereocenters. The Morgan fingerprint density at radius 3 is 2.36 bits per heavy atom. The van der Waals surface area contributed by atoms with E-state index in [4.69, 9.17) is 14.2 Å². The smallest absolute Gasteiger partial charge is 0.319 e. The van der Waals surface area contributed by atoms with Gasteiger partial charge in [0.1, 0.15) is 28.4 Å². The summed E-state index contributed by atoms with van der Waals surface area (Å²) in [6.45, 7) is 17.2. The molecule has 1 aromatic carbocycles. The van der Waals surface area contributed by atoms with Gasteiger partial charge in [-0.1, -0.05) is 71.0 Å². The maximum absolute atomic E-state index is 14.1. The summed E-state index contributed by atoms with van der Waals surface area (Å²) in [6, 6.07) is 7.65. The van der Waals surface area contributed by atoms with Crippen LogP contribution < -0.4 is 10.6 Å². The maximum Gasteiger partial charge on any atom is 0.319 e. The van der Waals surface area contributed by atoms with Gasteiger partial charge < -0.3 is 29.7 Å². The number of thiazole rings is 1. The summed E-state index contributed by atoms with van der Waals surface area (Å²) in [5.41, 5.74) is 1.08. The molecule has 2 saturated heterocycles. The van der Waals surface area contributed by atoms with Crippen molar-refractivity contribution in [3.05, 3.63) is 64.3 Å². The first-order valence-corrected chi connectivity index (χ1v) is 20.1. The van der Waals surface area contributed by atoms with Gasteiger partial charge in [-0.05, 0) is 56.7 Å². The molecule has 0 saturated carbocycles. The third-order valence-corrected chi connectivity index (χ3v) is 11.2. The van der Waals surface area contributed by atoms with Crippen molar-refractivity contribution in [3.63, 3.8) is 0 Å². The second-order valence-corrected chi connectivity index (χ2v) is 16.8. The van der Waals surface area contributed by atoms with Crippen molar-refractivity contribution >= 4 is 41.0 Å². The van der Waals surface area contributed by atoms with E-state index in [-0.39, 0.29) is 54.0 Å². The Morgan fingerprint density at radius 2 is 1.76 bits per heavy atom. The van der Waals surface area contributed by atoms with Crippen molar-refractivity contribution in [2.75, 3.05) is 20.6 Å². The third kappa shape index (κ3) is 11.8. The molecule has 2 fully saturated rings. The zero-order valence-electron chi connectivity index (χ0n) is 33.8. The number of likely N-dealkylation sites (N-methyl/N-ethyl adjacent to an activating group) is 2. The van der Waals surface area contributed by atoms with Gasteiger partial charge in [-0.2, -0.15) is 0 Å². The van der Waals surface area contributed by atoms with Gasteiger partial charge in [0.25, 0.3) is 5.91 Å². The van der Waals surface area contributed by atoms with Crippen molar-refractivity contribution in [2.45, 2.75) is 123 Å². The fourth-order valence-corrected chi connectivity index (χ4v) is 8.14. The summed E-state index contributed by atoms with van der Waals surface area (Å²) >= 11 is 1.18. The molecule has 3 amide bonds. The number of benzene rings is 1. The fraction of sp³-hybridized carbons (Fsp3) is 0.610. The number of piperidine rings is 1. The molecule has 2 aliphatic heterocycles. The lowest BCUT2D eigenvalue weighted by Gasteiger charge is -2.37. The molecule has 55 heavy (non-hydrogen) atoms. The summed E-state index contributed by atoms with van der Waals surface area (Å²) in [5.74, 6) is -3.72. The summed E-state index contributed by atoms with van der Waals surface area (Å²) in [7, 11) is 3.65. The maximum atomic E-state index is 14.1. The number of hydrogen-bond acceptors (Lipinski definition) is 11. The van der Waals surface area contributed by atoms with Gasteiger partial charge in [0, 0.05) is 51.7 Å². The molecule has 3 heterocycles. The Balaban J connectivity index is 1.51. The van der Waals surface area contributed by atoms with Crippen LogP contribution >= 0.6 is 11.3 Å². The average molecular weight is 782 g/mol. The Bertz CT molecular complexity index is 1660. The van der Waals surface area contributed by atoms with E-state index in [1.807, 2.05) is 70.0 Å². The van der Waals surface area contributed by atoms with Gasteiger partial charge >= 0.3 is 11.9 Å². The zero-order chi connectivity index (χ0) is 40.6. The number of aromatic nitrogens is 1. The lowest BCUT2D eigenvalue weighted by molar-refractivity contribution is -0.227. The predicted molar refractivity (Wildman–Crippen MR) is 210 cm³/mol. The van der Waals surface area contributed by atoms with Crippen LogP contribution in [0.2, 0.25) is 0 Å². The first-order chi connectivity index (χ1) is 25.9. The summed E-state index contributed by atoms with van der Waals surface area (Å²) in [5, 5.41) is 8.09. The van der Waals surface area contributed by atoms with Gasteiger partial charge in [-0.15, -0.1) is 11.3 Å². The minimum Gasteiger partial charge on any atom is -0.457 e. The van der Waals surface area contributed by atoms with Crippen molar-refractivity contribution in [2.24, 2.45) is 17.8 Å². The number of likely N-dealkylation sites (tertiary alicyclic amines) is 1. The Morgan fingerprint density at radius 1 is 1.07 bits per heavy atom. The number of carbonyl (C=O) groups is 5. The Hall–Kier alpha value is -4.30. The van der Waals surface area contributed by atoms with Gasteiger partial charge in [0.15, 0.2) is 6.10 Å². The second kappa shape index (κ2) is 19.0. The number of nitrogens with zero attached hydrogens (tertiary/aromatic N) is 3. The molecule has 1 aromatic heterocycles. The standard InChI is InChI=1S/C41H59N5O8S/c1-24(2)33(46(10)39(50)35(25(3)4)44-37(49)32-18-14-15-19-45(32)9)22-34(52-27(6)47)38-43-31(23-55-38)36(48)42-29(20-28-16-12-11-13-17-28)21-30-26(5)53-41(7,8)54-40(30)51/h11-13,16-17,23-25,29-30,32-35H,5,14-15,18-22H2,1-4,6-10H3,(H,42,48)(H,44,49)/t29-,30?,32+,33+,34+,35-/m0/s1. The van der Waals surface area contributed by atoms with E-state index in [0.29, 0.717) is 11.4 Å². The zero-order valence-corrected chi connectivity index (χ0v) is 34.6. The minimum atomic E-state index is -1.13. The van der Waals surface area contributed by atoms with E-state index in [9.17, 15) is 24.0 Å². The molecule has 4 rings (SSSR count). The van der Waals surface area contributed by atoms with Crippen molar-refractivity contribution in [3.8, 4) is 0 Å². The number of nitrogens with one attached hydrogen (secondary N) is 2. The topological polar surface area (TPSA) is 156 Å². The molecule has 0 bridgehead atoms. The van der Waals surface area contributed by atoms with Gasteiger partial charge in [-0.3, -0.25) is 28.9 Å². The highest BCUT2D eigenvalue weighted by atomic mass is 32.1. The van der Waals surface area contributed by atoms with Crippen LogP contribution in [0.15, 0.2) is 48.0 Å². The van der Waals surface area contributed by atoms with Crippen LogP contribution in [0.25, 0.3) is 0 Å². The van der Waals surface area contributed by atoms with E-state index in [2.05, 4.69) is 22.2 Å². The van der Waals surface area contributed by atoms with Crippen LogP contribution in [0.4, 0.5) is 0 Å². The van der Waals surface area contributed by atoms with E-state index in [1.54, 1.807) is 31.2 Å². The van der Waals surface area contributed by atoms with Gasteiger partial charge in [0.05, 0.1) is 6.04 Å². The van der Waals surface area contributed by atoms with E-state index < -0.39 is 53.8 Å². The van der Waals surface area contributed by atoms with Gasteiger partial charge in [0.2, 0.25) is 17.6 Å². The van der Waals surface area contributed by atoms with E-state index >= 15 is 0 Å². The molecule has 2 N–H and O–H groups in total. The molecule has 14 heteroatoms. The Labute approximate surface area is 329 Å². The van der Waals surface area contributed by atoms with E-state index in [0.717, 1.165) is 31.4 Å². The highest BCUT2D eigenvalue weighted by Gasteiger charge is 2.41. The summed E-state index contributed by atoms with van der Waals surface area (Å²) in [6.07, 6.45) is 2.73. The fourth-order valence-electron chi connectivity index (χ4n) is 7.30. The molecule has 0 spiro atoms. The number of amides is 3. The van der Waals surface area contributed by atoms with Crippen molar-refractivity contribution in [1.82, 2.24) is 25.4 Å². The van der Waals surface area contributed by atoms with Crippen molar-refractivity contribution in [1.29, 1.82) is 0 Å². The van der Waals surface area contributed by atoms with Crippen LogP contribution in [0.3, 0.4) is 0 Å². The highest BCUT2D eigenvalue weighted by molar-refractivity contribution is 7.09. The lowest BCUT2D eigenvalue weighted by atomic mass is 9.92. The molecule has 1 unspecified atom stereocenters. The van der Waals surface area contributed by atoms with E-state index in [1.165, 1.54) is 18.3 Å². The van der Waals surface area contributed by atoms with Crippen LogP contribution in [-0.4, -0.2) is 95.0 Å². The number of ether oxygens (including phenoxy) is 3. The lowest BCUT2D eigenvalue weighted by Crippen LogP contribution is -2.57. The SMILES string of the molecule is C=C1OC(C)(C)OC(=O)C1C[C@H](Cc1ccccc1)NC(=O)c1csc([C@@H](C[C@H](C(C)C)N(C)C(=O)[C@@H](NC(=O)[C@H]2CCCCN2C)C(C)C)OC(C)=O)n1. The number of cyclic esters (lactones) is 1. The minimum absolute atomic E-state index is 0.0581. The highest BCUT2D eigenvalue weighted by Crippen LogP contribution is 2.33. The quantitative estimate of drug-likeness (QED) is 0.211. The molecular weight excluding hydrogens is 723 g/mol. The average Bonchev–Trinajstić information content (AvgIpc) is 3.60. The largest absolute Gasteiger partial charge is 0.457 e. The number of carbonyl (C=O) groups excluding carboxylic acids is 5. The summed E-state index contributed by atoms with van der Waals surface area (Å²) < 4.78 is 17.0. The molecule has 0 radical (unpaired) electrons. The molecule has 2 aromatic rings. The number of hydrogen-bond donors (Lipinski definition) is 2.